The van der Waals surface area contributed by atoms with Crippen molar-refractivity contribution < 1.29 is 4.79 Å². The molecule has 0 bridgehead atoms. The molecule has 2 aliphatic rings. The largest absolute Gasteiger partial charge is 0.311 e. The average molecular weight is 436 g/mol. The summed E-state index contributed by atoms with van der Waals surface area (Å²) in [7, 11) is 0. The summed E-state index contributed by atoms with van der Waals surface area (Å²) in [4.78, 5) is 33.7. The predicted molar refractivity (Wildman–Crippen MR) is 122 cm³/mol. The molecule has 3 aromatic rings. The number of fused-ring (bicyclic) bond motifs is 2. The molecule has 1 amide bonds. The molecule has 0 aliphatic carbocycles. The van der Waals surface area contributed by atoms with Crippen molar-refractivity contribution in [3.05, 3.63) is 76.2 Å². The van der Waals surface area contributed by atoms with E-state index in [-0.39, 0.29) is 17.2 Å². The van der Waals surface area contributed by atoms with Gasteiger partial charge < -0.3 is 4.90 Å². The van der Waals surface area contributed by atoms with Gasteiger partial charge in [-0.1, -0.05) is 55.1 Å². The SMILES string of the molecule is C[C@@H]1Cc2nc(SCC(=O)N3CCc4ccccc43)n(-c3ccccc3)c(=O)c2S1. The highest BCUT2D eigenvalue weighted by molar-refractivity contribution is 8.00. The molecule has 7 heteroatoms. The Hall–Kier alpha value is -2.51. The molecular formula is C23H21N3O2S2. The smallest absolute Gasteiger partial charge is 0.272 e. The first-order valence-electron chi connectivity index (χ1n) is 10.0. The van der Waals surface area contributed by atoms with Gasteiger partial charge in [-0.3, -0.25) is 14.2 Å². The van der Waals surface area contributed by atoms with Crippen molar-refractivity contribution in [3.8, 4) is 5.69 Å². The minimum Gasteiger partial charge on any atom is -0.311 e. The zero-order valence-corrected chi connectivity index (χ0v) is 18.2. The topological polar surface area (TPSA) is 55.2 Å². The highest BCUT2D eigenvalue weighted by Crippen LogP contribution is 2.35. The molecule has 0 saturated carbocycles. The van der Waals surface area contributed by atoms with E-state index in [1.165, 1.54) is 17.3 Å². The van der Waals surface area contributed by atoms with Crippen LogP contribution < -0.4 is 10.5 Å². The molecule has 0 saturated heterocycles. The standard InChI is InChI=1S/C23H21N3O2S2/c1-15-13-18-21(30-15)22(28)26(17-8-3-2-4-9-17)23(24-18)29-14-20(27)25-12-11-16-7-5-6-10-19(16)25/h2-10,15H,11-14H2,1H3/t15-/m1/s1. The van der Waals surface area contributed by atoms with Gasteiger partial charge in [0.2, 0.25) is 5.91 Å². The zero-order chi connectivity index (χ0) is 20.7. The molecule has 3 heterocycles. The van der Waals surface area contributed by atoms with E-state index in [1.54, 1.807) is 16.3 Å². The zero-order valence-electron chi connectivity index (χ0n) is 16.6. The van der Waals surface area contributed by atoms with Crippen molar-refractivity contribution in [1.82, 2.24) is 9.55 Å². The molecule has 1 atom stereocenters. The Morgan fingerprint density at radius 2 is 1.93 bits per heavy atom. The molecule has 0 unspecified atom stereocenters. The first kappa shape index (κ1) is 19.5. The second-order valence-electron chi connectivity index (χ2n) is 7.49. The van der Waals surface area contributed by atoms with Crippen molar-refractivity contribution in [2.24, 2.45) is 0 Å². The summed E-state index contributed by atoms with van der Waals surface area (Å²) in [5.74, 6) is 0.289. The second-order valence-corrected chi connectivity index (χ2v) is 9.88. The van der Waals surface area contributed by atoms with Crippen LogP contribution >= 0.6 is 23.5 Å². The summed E-state index contributed by atoms with van der Waals surface area (Å²) >= 11 is 2.94. The van der Waals surface area contributed by atoms with Gasteiger partial charge in [0.15, 0.2) is 5.16 Å². The number of hydrogen-bond donors (Lipinski definition) is 0. The van der Waals surface area contributed by atoms with Crippen LogP contribution in [-0.4, -0.2) is 33.0 Å². The predicted octanol–water partition coefficient (Wildman–Crippen LogP) is 3.95. The van der Waals surface area contributed by atoms with Gasteiger partial charge in [0.25, 0.3) is 5.56 Å². The summed E-state index contributed by atoms with van der Waals surface area (Å²) in [5, 5.41) is 0.924. The maximum atomic E-state index is 13.3. The molecule has 2 aromatic carbocycles. The van der Waals surface area contributed by atoms with Gasteiger partial charge >= 0.3 is 0 Å². The fourth-order valence-corrected chi connectivity index (χ4v) is 6.00. The molecule has 0 spiro atoms. The maximum Gasteiger partial charge on any atom is 0.272 e. The van der Waals surface area contributed by atoms with Crippen LogP contribution in [0.4, 0.5) is 5.69 Å². The molecule has 1 aromatic heterocycles. The van der Waals surface area contributed by atoms with E-state index >= 15 is 0 Å². The minimum atomic E-state index is -0.0398. The van der Waals surface area contributed by atoms with E-state index in [1.807, 2.05) is 53.4 Å². The molecule has 0 fully saturated rings. The lowest BCUT2D eigenvalue weighted by Gasteiger charge is -2.18. The van der Waals surface area contributed by atoms with E-state index in [2.05, 4.69) is 13.0 Å². The lowest BCUT2D eigenvalue weighted by molar-refractivity contribution is -0.116. The summed E-state index contributed by atoms with van der Waals surface area (Å²) in [5.41, 5.74) is 3.79. The number of hydrogen-bond acceptors (Lipinski definition) is 5. The Morgan fingerprint density at radius 1 is 1.17 bits per heavy atom. The lowest BCUT2D eigenvalue weighted by Crippen LogP contribution is -2.31. The maximum absolute atomic E-state index is 13.3. The van der Waals surface area contributed by atoms with Crippen molar-refractivity contribution >= 4 is 35.1 Å². The number of aromatic nitrogens is 2. The number of para-hydroxylation sites is 2. The number of carbonyl (C=O) groups excluding carboxylic acids is 1. The number of amides is 1. The number of benzene rings is 2. The Kier molecular flexibility index (Phi) is 5.16. The number of carbonyl (C=O) groups is 1. The van der Waals surface area contributed by atoms with Crippen molar-refractivity contribution in [2.45, 2.75) is 35.1 Å². The monoisotopic (exact) mass is 435 g/mol. The van der Waals surface area contributed by atoms with Gasteiger partial charge in [-0.2, -0.15) is 0 Å². The van der Waals surface area contributed by atoms with Crippen LogP contribution in [0.25, 0.3) is 5.69 Å². The van der Waals surface area contributed by atoms with Crippen LogP contribution in [0.1, 0.15) is 18.2 Å². The van der Waals surface area contributed by atoms with Crippen LogP contribution in [-0.2, 0) is 17.6 Å². The molecule has 2 aliphatic heterocycles. The second kappa shape index (κ2) is 7.96. The Labute approximate surface area is 183 Å². The molecule has 0 radical (unpaired) electrons. The van der Waals surface area contributed by atoms with E-state index in [0.29, 0.717) is 17.0 Å². The van der Waals surface area contributed by atoms with Gasteiger partial charge in [0.1, 0.15) is 0 Å². The molecule has 30 heavy (non-hydrogen) atoms. The van der Waals surface area contributed by atoms with Crippen LogP contribution in [0, 0.1) is 0 Å². The van der Waals surface area contributed by atoms with Crippen molar-refractivity contribution in [3.63, 3.8) is 0 Å². The Morgan fingerprint density at radius 3 is 2.77 bits per heavy atom. The first-order valence-corrected chi connectivity index (χ1v) is 11.9. The van der Waals surface area contributed by atoms with E-state index < -0.39 is 0 Å². The number of thioether (sulfide) groups is 2. The van der Waals surface area contributed by atoms with Gasteiger partial charge in [-0.25, -0.2) is 4.98 Å². The fourth-order valence-electron chi connectivity index (χ4n) is 4.00. The van der Waals surface area contributed by atoms with E-state index in [4.69, 9.17) is 4.98 Å². The van der Waals surface area contributed by atoms with Gasteiger partial charge in [-0.15, -0.1) is 11.8 Å². The normalized spacial score (nSPS) is 17.1. The Bertz CT molecular complexity index is 1180. The first-order chi connectivity index (χ1) is 14.6. The Balaban J connectivity index is 1.46. The number of nitrogens with zero attached hydrogens (tertiary/aromatic N) is 3. The van der Waals surface area contributed by atoms with Crippen molar-refractivity contribution in [2.75, 3.05) is 17.2 Å². The minimum absolute atomic E-state index is 0.0398. The van der Waals surface area contributed by atoms with E-state index in [0.717, 1.165) is 34.8 Å². The van der Waals surface area contributed by atoms with Crippen molar-refractivity contribution in [1.29, 1.82) is 0 Å². The number of anilines is 1. The molecule has 152 valence electrons. The molecule has 5 rings (SSSR count). The lowest BCUT2D eigenvalue weighted by atomic mass is 10.2. The quantitative estimate of drug-likeness (QED) is 0.459. The van der Waals surface area contributed by atoms with Crippen LogP contribution in [0.5, 0.6) is 0 Å². The third-order valence-corrected chi connectivity index (χ3v) is 7.55. The van der Waals surface area contributed by atoms with Crippen LogP contribution in [0.2, 0.25) is 0 Å². The summed E-state index contributed by atoms with van der Waals surface area (Å²) < 4.78 is 1.65. The van der Waals surface area contributed by atoms with E-state index in [9.17, 15) is 9.59 Å². The van der Waals surface area contributed by atoms with Gasteiger partial charge in [0, 0.05) is 23.9 Å². The highest BCUT2D eigenvalue weighted by atomic mass is 32.2. The average Bonchev–Trinajstić information content (AvgIpc) is 3.36. The third-order valence-electron chi connectivity index (χ3n) is 5.41. The van der Waals surface area contributed by atoms with Crippen LogP contribution in [0.3, 0.4) is 0 Å². The van der Waals surface area contributed by atoms with Gasteiger partial charge in [-0.05, 0) is 30.2 Å². The molecular weight excluding hydrogens is 414 g/mol. The summed E-state index contributed by atoms with van der Waals surface area (Å²) in [6.07, 6.45) is 1.67. The molecule has 5 nitrogen and oxygen atoms in total. The summed E-state index contributed by atoms with van der Waals surface area (Å²) in [6.45, 7) is 2.82. The number of rotatable bonds is 4. The summed E-state index contributed by atoms with van der Waals surface area (Å²) in [6, 6.07) is 17.6. The van der Waals surface area contributed by atoms with Crippen LogP contribution in [0.15, 0.2) is 69.4 Å². The fraction of sp³-hybridized carbons (Fsp3) is 0.261. The van der Waals surface area contributed by atoms with Gasteiger partial charge in [0.05, 0.1) is 22.0 Å². The highest BCUT2D eigenvalue weighted by Gasteiger charge is 2.28. The third kappa shape index (κ3) is 3.46. The molecule has 0 N–H and O–H groups in total.